The van der Waals surface area contributed by atoms with E-state index in [0.29, 0.717) is 36.8 Å². The first kappa shape index (κ1) is 20.4. The molecule has 10 heteroatoms. The maximum atomic E-state index is 13.0. The summed E-state index contributed by atoms with van der Waals surface area (Å²) in [7, 11) is 0. The molecule has 10 nitrogen and oxygen atoms in total. The van der Waals surface area contributed by atoms with Gasteiger partial charge in [-0.25, -0.2) is 0 Å². The summed E-state index contributed by atoms with van der Waals surface area (Å²) in [5.74, 6) is -0.826. The number of H-pyrrole nitrogens is 1. The molecule has 0 spiro atoms. The molecule has 166 valence electrons. The van der Waals surface area contributed by atoms with Gasteiger partial charge in [0.15, 0.2) is 11.5 Å². The molecular weight excluding hydrogens is 426 g/mol. The Morgan fingerprint density at radius 1 is 1.12 bits per heavy atom. The number of aromatic amines is 1. The summed E-state index contributed by atoms with van der Waals surface area (Å²) >= 11 is 0. The number of carbonyl (C=O) groups is 1. The van der Waals surface area contributed by atoms with Crippen molar-refractivity contribution in [1.82, 2.24) is 9.97 Å². The van der Waals surface area contributed by atoms with Crippen molar-refractivity contribution in [1.29, 1.82) is 5.26 Å². The van der Waals surface area contributed by atoms with E-state index < -0.39 is 23.3 Å². The Morgan fingerprint density at radius 2 is 1.88 bits per heavy atom. The second-order valence-electron chi connectivity index (χ2n) is 7.67. The number of phenolic OH excluding ortho intramolecular Hbond substituents is 1. The third-order valence-electron chi connectivity index (χ3n) is 5.58. The summed E-state index contributed by atoms with van der Waals surface area (Å²) in [6.45, 7) is 1.33. The van der Waals surface area contributed by atoms with Gasteiger partial charge in [0, 0.05) is 12.5 Å². The van der Waals surface area contributed by atoms with Gasteiger partial charge in [-0.15, -0.1) is 0 Å². The van der Waals surface area contributed by atoms with Gasteiger partial charge in [0.1, 0.15) is 30.7 Å². The molecule has 5 rings (SSSR count). The van der Waals surface area contributed by atoms with Crippen molar-refractivity contribution < 1.29 is 19.4 Å². The van der Waals surface area contributed by atoms with Crippen molar-refractivity contribution in [3.63, 3.8) is 0 Å². The minimum atomic E-state index is -1.11. The summed E-state index contributed by atoms with van der Waals surface area (Å²) in [6.07, 6.45) is 0. The SMILES string of the molecule is N#CC1C(=O)Nc2nc(NCc3ccc4c(c3)OCCO4)[nH]c(=O)c2C1c1ccc(O)cc1. The second kappa shape index (κ2) is 8.20. The van der Waals surface area contributed by atoms with Gasteiger partial charge in [0.05, 0.1) is 11.6 Å². The van der Waals surface area contributed by atoms with Crippen molar-refractivity contribution in [3.8, 4) is 23.3 Å². The average Bonchev–Trinajstić information content (AvgIpc) is 2.82. The Hall–Kier alpha value is -4.52. The zero-order chi connectivity index (χ0) is 22.9. The largest absolute Gasteiger partial charge is 0.508 e. The number of nitrogens with one attached hydrogen (secondary N) is 3. The molecule has 2 atom stereocenters. The second-order valence-corrected chi connectivity index (χ2v) is 7.67. The number of rotatable bonds is 4. The van der Waals surface area contributed by atoms with Crippen molar-refractivity contribution >= 4 is 17.7 Å². The lowest BCUT2D eigenvalue weighted by Crippen LogP contribution is -2.38. The monoisotopic (exact) mass is 445 g/mol. The van der Waals surface area contributed by atoms with E-state index in [0.717, 1.165) is 5.56 Å². The zero-order valence-corrected chi connectivity index (χ0v) is 17.3. The highest BCUT2D eigenvalue weighted by Crippen LogP contribution is 2.38. The molecule has 3 aromatic rings. The predicted molar refractivity (Wildman–Crippen MR) is 117 cm³/mol. The van der Waals surface area contributed by atoms with Crippen molar-refractivity contribution in [2.45, 2.75) is 12.5 Å². The van der Waals surface area contributed by atoms with E-state index >= 15 is 0 Å². The smallest absolute Gasteiger partial charge is 0.258 e. The molecule has 1 amide bonds. The van der Waals surface area contributed by atoms with E-state index in [-0.39, 0.29) is 23.1 Å². The fourth-order valence-corrected chi connectivity index (χ4v) is 4.02. The topological polar surface area (TPSA) is 149 Å². The normalized spacial score (nSPS) is 18.6. The first-order valence-corrected chi connectivity index (χ1v) is 10.3. The first-order valence-electron chi connectivity index (χ1n) is 10.3. The maximum absolute atomic E-state index is 13.0. The van der Waals surface area contributed by atoms with E-state index in [1.165, 1.54) is 12.1 Å². The van der Waals surface area contributed by atoms with Crippen LogP contribution in [-0.4, -0.2) is 34.2 Å². The molecule has 0 bridgehead atoms. The minimum absolute atomic E-state index is 0.0402. The van der Waals surface area contributed by atoms with Crippen molar-refractivity contribution in [2.24, 2.45) is 5.92 Å². The van der Waals surface area contributed by atoms with Crippen LogP contribution < -0.4 is 25.7 Å². The summed E-state index contributed by atoms with van der Waals surface area (Å²) in [4.78, 5) is 32.7. The number of aromatic hydroxyl groups is 1. The Kier molecular flexibility index (Phi) is 5.06. The van der Waals surface area contributed by atoms with Crippen LogP contribution in [0.15, 0.2) is 47.3 Å². The highest BCUT2D eigenvalue weighted by Gasteiger charge is 2.40. The molecule has 4 N–H and O–H groups in total. The lowest BCUT2D eigenvalue weighted by atomic mass is 9.79. The number of hydrogen-bond acceptors (Lipinski definition) is 8. The van der Waals surface area contributed by atoms with Crippen LogP contribution in [0.25, 0.3) is 0 Å². The number of anilines is 2. The number of fused-ring (bicyclic) bond motifs is 2. The molecule has 2 aromatic carbocycles. The number of ether oxygens (including phenoxy) is 2. The highest BCUT2D eigenvalue weighted by molar-refractivity contribution is 5.97. The van der Waals surface area contributed by atoms with Crippen LogP contribution in [0.3, 0.4) is 0 Å². The van der Waals surface area contributed by atoms with E-state index in [9.17, 15) is 20.0 Å². The molecule has 0 aliphatic carbocycles. The summed E-state index contributed by atoms with van der Waals surface area (Å²) in [6, 6.07) is 13.6. The number of amides is 1. The molecule has 1 aromatic heterocycles. The summed E-state index contributed by atoms with van der Waals surface area (Å²) in [5, 5.41) is 24.8. The van der Waals surface area contributed by atoms with E-state index in [1.54, 1.807) is 12.1 Å². The van der Waals surface area contributed by atoms with Crippen LogP contribution in [-0.2, 0) is 11.3 Å². The molecule has 2 aliphatic rings. The van der Waals surface area contributed by atoms with Gasteiger partial charge in [-0.3, -0.25) is 14.6 Å². The van der Waals surface area contributed by atoms with Crippen LogP contribution >= 0.6 is 0 Å². The van der Waals surface area contributed by atoms with Crippen molar-refractivity contribution in [3.05, 3.63) is 69.5 Å². The van der Waals surface area contributed by atoms with Gasteiger partial charge in [0.25, 0.3) is 5.56 Å². The fourth-order valence-electron chi connectivity index (χ4n) is 4.02. The Bertz CT molecular complexity index is 1330. The lowest BCUT2D eigenvalue weighted by molar-refractivity contribution is -0.119. The third kappa shape index (κ3) is 3.80. The molecule has 2 aliphatic heterocycles. The van der Waals surface area contributed by atoms with E-state index in [1.807, 2.05) is 24.3 Å². The lowest BCUT2D eigenvalue weighted by Gasteiger charge is -2.28. The predicted octanol–water partition coefficient (Wildman–Crippen LogP) is 2.08. The number of nitrogens with zero attached hydrogens (tertiary/aromatic N) is 2. The quantitative estimate of drug-likeness (QED) is 0.477. The molecule has 0 saturated carbocycles. The third-order valence-corrected chi connectivity index (χ3v) is 5.58. The molecule has 3 heterocycles. The Labute approximate surface area is 187 Å². The minimum Gasteiger partial charge on any atom is -0.508 e. The van der Waals surface area contributed by atoms with Crippen LogP contribution in [0.5, 0.6) is 17.2 Å². The molecule has 33 heavy (non-hydrogen) atoms. The number of aromatic nitrogens is 2. The van der Waals surface area contributed by atoms with Crippen LogP contribution in [0.4, 0.5) is 11.8 Å². The number of nitriles is 1. The van der Waals surface area contributed by atoms with E-state index in [2.05, 4.69) is 20.6 Å². The summed E-state index contributed by atoms with van der Waals surface area (Å²) < 4.78 is 11.1. The van der Waals surface area contributed by atoms with Gasteiger partial charge < -0.3 is 25.2 Å². The Morgan fingerprint density at radius 3 is 2.64 bits per heavy atom. The first-order chi connectivity index (χ1) is 16.0. The molecule has 0 fully saturated rings. The summed E-state index contributed by atoms with van der Waals surface area (Å²) in [5.41, 5.74) is 1.16. The number of phenols is 1. The number of carbonyl (C=O) groups excluding carboxylic acids is 1. The van der Waals surface area contributed by atoms with Crippen molar-refractivity contribution in [2.75, 3.05) is 23.8 Å². The van der Waals surface area contributed by atoms with Crippen LogP contribution in [0.1, 0.15) is 22.6 Å². The Balaban J connectivity index is 1.45. The molecule has 2 unspecified atom stereocenters. The van der Waals surface area contributed by atoms with Gasteiger partial charge >= 0.3 is 0 Å². The zero-order valence-electron chi connectivity index (χ0n) is 17.3. The van der Waals surface area contributed by atoms with Gasteiger partial charge in [-0.1, -0.05) is 18.2 Å². The number of hydrogen-bond donors (Lipinski definition) is 4. The van der Waals surface area contributed by atoms with E-state index in [4.69, 9.17) is 9.47 Å². The maximum Gasteiger partial charge on any atom is 0.258 e. The van der Waals surface area contributed by atoms with Crippen LogP contribution in [0.2, 0.25) is 0 Å². The van der Waals surface area contributed by atoms with Gasteiger partial charge in [-0.05, 0) is 35.4 Å². The van der Waals surface area contributed by atoms with Gasteiger partial charge in [0.2, 0.25) is 11.9 Å². The van der Waals surface area contributed by atoms with Gasteiger partial charge in [-0.2, -0.15) is 10.2 Å². The molecule has 0 saturated heterocycles. The number of benzene rings is 2. The highest BCUT2D eigenvalue weighted by atomic mass is 16.6. The standard InChI is InChI=1S/C23H19N5O5/c24-10-15-18(13-2-4-14(29)5-3-13)19-20(26-21(15)30)27-23(28-22(19)31)25-11-12-1-6-16-17(9-12)33-8-7-32-16/h1-6,9,15,18,29H,7-8,11H2,(H3,25,26,27,28,30,31). The molecular formula is C23H19N5O5. The van der Waals surface area contributed by atoms with Crippen LogP contribution in [0, 0.1) is 17.2 Å². The fraction of sp³-hybridized carbons (Fsp3) is 0.217. The average molecular weight is 445 g/mol. The molecule has 0 radical (unpaired) electrons.